The van der Waals surface area contributed by atoms with Crippen molar-refractivity contribution >= 4 is 58.2 Å². The molecule has 9 nitrogen and oxygen atoms in total. The summed E-state index contributed by atoms with van der Waals surface area (Å²) in [5, 5.41) is 11.5. The largest absolute Gasteiger partial charge is 0.457 e. The lowest BCUT2D eigenvalue weighted by Crippen LogP contribution is -2.21. The number of halogens is 3. The van der Waals surface area contributed by atoms with Crippen LogP contribution in [-0.4, -0.2) is 26.7 Å². The van der Waals surface area contributed by atoms with Crippen molar-refractivity contribution in [1.29, 1.82) is 0 Å². The van der Waals surface area contributed by atoms with Crippen LogP contribution in [0.2, 0.25) is 15.1 Å². The Morgan fingerprint density at radius 1 is 0.923 bits per heavy atom. The SMILES string of the molecule is NC(=O)c1cc(Oc2ccc(NC(=O)Nc3cc(C4CCCC4)nn3-c3cc(Cl)cc(Cl)c3)c(Cl)c2)ccn1. The number of ether oxygens (including phenoxy) is 1. The number of nitrogens with two attached hydrogens (primary N) is 1. The van der Waals surface area contributed by atoms with Gasteiger partial charge in [-0.15, -0.1) is 0 Å². The first-order valence-corrected chi connectivity index (χ1v) is 13.3. The number of pyridine rings is 1. The summed E-state index contributed by atoms with van der Waals surface area (Å²) in [6, 6.07) is 14.2. The van der Waals surface area contributed by atoms with Crippen molar-refractivity contribution in [3.05, 3.63) is 87.2 Å². The molecule has 0 saturated heterocycles. The molecule has 0 spiro atoms. The number of nitrogens with zero attached hydrogens (tertiary/aromatic N) is 3. The van der Waals surface area contributed by atoms with Crippen LogP contribution in [0.4, 0.5) is 16.3 Å². The number of carbonyl (C=O) groups excluding carboxylic acids is 2. The minimum absolute atomic E-state index is 0.0731. The second-order valence-electron chi connectivity index (χ2n) is 9.04. The van der Waals surface area contributed by atoms with Crippen LogP contribution in [0, 0.1) is 0 Å². The molecule has 0 atom stereocenters. The highest BCUT2D eigenvalue weighted by atomic mass is 35.5. The van der Waals surface area contributed by atoms with Crippen molar-refractivity contribution in [2.45, 2.75) is 31.6 Å². The van der Waals surface area contributed by atoms with Crippen LogP contribution in [0.1, 0.15) is 47.8 Å². The molecule has 1 aliphatic rings. The molecule has 5 rings (SSSR count). The number of urea groups is 1. The summed E-state index contributed by atoms with van der Waals surface area (Å²) in [6.07, 6.45) is 5.81. The number of rotatable bonds is 7. The predicted octanol–water partition coefficient (Wildman–Crippen LogP) is 7.42. The molecule has 4 N–H and O–H groups in total. The molecular formula is C27H23Cl3N6O3. The number of benzene rings is 2. The van der Waals surface area contributed by atoms with Crippen molar-refractivity contribution in [3.8, 4) is 17.2 Å². The number of aromatic nitrogens is 3. The molecule has 0 aliphatic heterocycles. The van der Waals surface area contributed by atoms with E-state index in [2.05, 4.69) is 15.6 Å². The van der Waals surface area contributed by atoms with E-state index in [1.54, 1.807) is 41.1 Å². The van der Waals surface area contributed by atoms with Crippen LogP contribution in [0.15, 0.2) is 60.8 Å². The van der Waals surface area contributed by atoms with Crippen LogP contribution >= 0.6 is 34.8 Å². The van der Waals surface area contributed by atoms with Gasteiger partial charge in [0.1, 0.15) is 23.0 Å². The fourth-order valence-corrected chi connectivity index (χ4v) is 5.18. The van der Waals surface area contributed by atoms with Gasteiger partial charge in [-0.05, 0) is 49.2 Å². The van der Waals surface area contributed by atoms with Crippen molar-refractivity contribution < 1.29 is 14.3 Å². The van der Waals surface area contributed by atoms with E-state index in [4.69, 9.17) is 50.4 Å². The van der Waals surface area contributed by atoms with E-state index in [-0.39, 0.29) is 10.7 Å². The first-order chi connectivity index (χ1) is 18.7. The molecule has 0 bridgehead atoms. The Morgan fingerprint density at radius 3 is 2.33 bits per heavy atom. The number of carbonyl (C=O) groups is 2. The van der Waals surface area contributed by atoms with E-state index in [1.807, 2.05) is 6.07 Å². The van der Waals surface area contributed by atoms with Crippen molar-refractivity contribution in [2.75, 3.05) is 10.6 Å². The van der Waals surface area contributed by atoms with Crippen LogP contribution in [0.25, 0.3) is 5.69 Å². The van der Waals surface area contributed by atoms with Gasteiger partial charge >= 0.3 is 6.03 Å². The monoisotopic (exact) mass is 584 g/mol. The first-order valence-electron chi connectivity index (χ1n) is 12.1. The van der Waals surface area contributed by atoms with Crippen LogP contribution in [0.3, 0.4) is 0 Å². The van der Waals surface area contributed by atoms with Crippen molar-refractivity contribution in [2.24, 2.45) is 5.73 Å². The van der Waals surface area contributed by atoms with E-state index in [9.17, 15) is 9.59 Å². The summed E-state index contributed by atoms with van der Waals surface area (Å²) in [4.78, 5) is 28.2. The van der Waals surface area contributed by atoms with E-state index in [1.165, 1.54) is 18.3 Å². The third kappa shape index (κ3) is 6.44. The molecular weight excluding hydrogens is 563 g/mol. The van der Waals surface area contributed by atoms with Gasteiger partial charge in [-0.25, -0.2) is 9.48 Å². The van der Waals surface area contributed by atoms with Gasteiger partial charge in [0.2, 0.25) is 0 Å². The summed E-state index contributed by atoms with van der Waals surface area (Å²) >= 11 is 18.9. The molecule has 200 valence electrons. The zero-order valence-electron chi connectivity index (χ0n) is 20.5. The average Bonchev–Trinajstić information content (AvgIpc) is 3.56. The Bertz CT molecular complexity index is 1530. The number of amides is 3. The lowest BCUT2D eigenvalue weighted by molar-refractivity contribution is 0.0995. The third-order valence-electron chi connectivity index (χ3n) is 6.24. The molecule has 0 unspecified atom stereocenters. The fourth-order valence-electron chi connectivity index (χ4n) is 4.44. The highest BCUT2D eigenvalue weighted by molar-refractivity contribution is 6.35. The summed E-state index contributed by atoms with van der Waals surface area (Å²) in [5.41, 5.74) is 7.23. The molecule has 3 amide bonds. The maximum atomic E-state index is 13.0. The predicted molar refractivity (Wildman–Crippen MR) is 152 cm³/mol. The van der Waals surface area contributed by atoms with Crippen molar-refractivity contribution in [1.82, 2.24) is 14.8 Å². The number of hydrogen-bond acceptors (Lipinski definition) is 5. The number of hydrogen-bond donors (Lipinski definition) is 3. The van der Waals surface area contributed by atoms with Crippen LogP contribution in [-0.2, 0) is 0 Å². The zero-order valence-corrected chi connectivity index (χ0v) is 22.7. The van der Waals surface area contributed by atoms with Gasteiger partial charge in [-0.1, -0.05) is 47.6 Å². The lowest BCUT2D eigenvalue weighted by atomic mass is 10.0. The maximum absolute atomic E-state index is 13.0. The van der Waals surface area contributed by atoms with Gasteiger partial charge < -0.3 is 15.8 Å². The first kappa shape index (κ1) is 26.8. The summed E-state index contributed by atoms with van der Waals surface area (Å²) in [5.74, 6) is 0.877. The lowest BCUT2D eigenvalue weighted by Gasteiger charge is -2.12. The van der Waals surface area contributed by atoms with Gasteiger partial charge in [-0.2, -0.15) is 5.10 Å². The van der Waals surface area contributed by atoms with Gasteiger partial charge in [0.05, 0.1) is 22.1 Å². The van der Waals surface area contributed by atoms with Gasteiger partial charge in [-0.3, -0.25) is 15.1 Å². The highest BCUT2D eigenvalue weighted by Gasteiger charge is 2.23. The highest BCUT2D eigenvalue weighted by Crippen LogP contribution is 2.36. The average molecular weight is 586 g/mol. The smallest absolute Gasteiger partial charge is 0.324 e. The number of anilines is 2. The van der Waals surface area contributed by atoms with E-state index in [0.717, 1.165) is 31.4 Å². The molecule has 39 heavy (non-hydrogen) atoms. The van der Waals surface area contributed by atoms with Crippen molar-refractivity contribution in [3.63, 3.8) is 0 Å². The fraction of sp³-hybridized carbons (Fsp3) is 0.185. The molecule has 4 aromatic rings. The quantitative estimate of drug-likeness (QED) is 0.208. The van der Waals surface area contributed by atoms with Crippen LogP contribution in [0.5, 0.6) is 11.5 Å². The Balaban J connectivity index is 1.33. The molecule has 12 heteroatoms. The minimum atomic E-state index is -0.667. The number of nitrogens with one attached hydrogen (secondary N) is 2. The molecule has 1 saturated carbocycles. The van der Waals surface area contributed by atoms with Gasteiger partial charge in [0.25, 0.3) is 5.91 Å². The molecule has 2 heterocycles. The summed E-state index contributed by atoms with van der Waals surface area (Å²) in [7, 11) is 0. The van der Waals surface area contributed by atoms with E-state index >= 15 is 0 Å². The molecule has 1 aliphatic carbocycles. The molecule has 1 fully saturated rings. The van der Waals surface area contributed by atoms with E-state index in [0.29, 0.717) is 44.7 Å². The summed E-state index contributed by atoms with van der Waals surface area (Å²) < 4.78 is 7.37. The summed E-state index contributed by atoms with van der Waals surface area (Å²) in [6.45, 7) is 0. The normalized spacial score (nSPS) is 13.3. The topological polar surface area (TPSA) is 124 Å². The second kappa shape index (κ2) is 11.5. The van der Waals surface area contributed by atoms with Crippen LogP contribution < -0.4 is 21.1 Å². The second-order valence-corrected chi connectivity index (χ2v) is 10.3. The third-order valence-corrected chi connectivity index (χ3v) is 6.99. The maximum Gasteiger partial charge on any atom is 0.324 e. The number of primary amides is 1. The van der Waals surface area contributed by atoms with E-state index < -0.39 is 11.9 Å². The standard InChI is InChI=1S/C27H23Cl3N6O3/c28-16-9-17(29)11-18(10-16)36-25(14-23(35-36)15-3-1-2-4-15)34-27(38)33-22-6-5-19(12-21(22)30)39-20-7-8-32-24(13-20)26(31)37/h5-15H,1-4H2,(H2,31,37)(H2,33,34,38). The molecule has 0 radical (unpaired) electrons. The Morgan fingerprint density at radius 2 is 1.64 bits per heavy atom. The van der Waals surface area contributed by atoms with Gasteiger partial charge in [0.15, 0.2) is 0 Å². The Labute approximate surface area is 239 Å². The Hall–Kier alpha value is -3.79. The van der Waals surface area contributed by atoms with Gasteiger partial charge in [0, 0.05) is 40.4 Å². The molecule has 2 aromatic heterocycles. The Kier molecular flexibility index (Phi) is 7.92. The minimum Gasteiger partial charge on any atom is -0.457 e. The zero-order chi connectivity index (χ0) is 27.5. The molecule has 2 aromatic carbocycles.